The Bertz CT molecular complexity index is 1140. The number of aliphatic hydroxyl groups is 1. The minimum absolute atomic E-state index is 0.0149. The van der Waals surface area contributed by atoms with Crippen LogP contribution in [0.5, 0.6) is 5.75 Å². The number of aliphatic hydroxyl groups excluding tert-OH is 1. The molecule has 0 aliphatic carbocycles. The van der Waals surface area contributed by atoms with Crippen LogP contribution in [0.15, 0.2) is 24.3 Å². The van der Waals surface area contributed by atoms with Gasteiger partial charge >= 0.3 is 0 Å². The quantitative estimate of drug-likeness (QED) is 0.193. The third kappa shape index (κ3) is 6.96. The lowest BCUT2D eigenvalue weighted by atomic mass is 9.70. The maximum absolute atomic E-state index is 14.3. The number of anilines is 1. The number of carbonyl (C=O) groups is 3. The van der Waals surface area contributed by atoms with Crippen LogP contribution in [0.25, 0.3) is 0 Å². The van der Waals surface area contributed by atoms with E-state index in [1.54, 1.807) is 16.7 Å². The molecule has 234 valence electrons. The Labute approximate surface area is 263 Å². The van der Waals surface area contributed by atoms with E-state index in [1.165, 1.54) is 0 Å². The number of fused-ring (bicyclic) bond motifs is 1. The van der Waals surface area contributed by atoms with Crippen LogP contribution in [-0.4, -0.2) is 73.9 Å². The summed E-state index contributed by atoms with van der Waals surface area (Å²) in [5.41, 5.74) is 0.210. The van der Waals surface area contributed by atoms with E-state index in [1.807, 2.05) is 45.0 Å². The normalized spacial score (nSPS) is 28.6. The van der Waals surface area contributed by atoms with Crippen LogP contribution in [0.4, 0.5) is 5.69 Å². The number of carbonyl (C=O) groups excluding carboxylic acids is 3. The Kier molecular flexibility index (Phi) is 10.3. The molecule has 8 nitrogen and oxygen atoms in total. The molecule has 3 aliphatic rings. The van der Waals surface area contributed by atoms with Crippen molar-refractivity contribution in [2.45, 2.75) is 106 Å². The smallest absolute Gasteiger partial charge is 0.244 e. The van der Waals surface area contributed by atoms with E-state index in [4.69, 9.17) is 4.74 Å². The molecule has 0 radical (unpaired) electrons. The second kappa shape index (κ2) is 13.1. The van der Waals surface area contributed by atoms with Crippen molar-refractivity contribution in [2.75, 3.05) is 25.1 Å². The predicted molar refractivity (Wildman–Crippen MR) is 172 cm³/mol. The fourth-order valence-corrected chi connectivity index (χ4v) is 11.1. The van der Waals surface area contributed by atoms with Crippen LogP contribution >= 0.6 is 27.7 Å². The average Bonchev–Trinajstić information content (AvgIpc) is 3.47. The van der Waals surface area contributed by atoms with Gasteiger partial charge in [-0.1, -0.05) is 49.5 Å². The average molecular weight is 667 g/mol. The Morgan fingerprint density at radius 3 is 2.38 bits per heavy atom. The van der Waals surface area contributed by atoms with Gasteiger partial charge in [-0.2, -0.15) is 0 Å². The number of benzene rings is 1. The molecule has 6 atom stereocenters. The van der Waals surface area contributed by atoms with E-state index in [0.717, 1.165) is 37.9 Å². The maximum Gasteiger partial charge on any atom is 0.244 e. The SMILES string of the molecule is CCOc1ccc(NC(=O)[C@H]2[C@@H]3SC4(CC3Br)C(C(=O)NC(C)(C)CC(C)(C)C)N(CCCCCCO)C(=O)[C@H]24)cc1. The van der Waals surface area contributed by atoms with Crippen molar-refractivity contribution < 1.29 is 24.2 Å². The molecule has 3 fully saturated rings. The van der Waals surface area contributed by atoms with Crippen molar-refractivity contribution in [1.29, 1.82) is 0 Å². The molecule has 3 heterocycles. The summed E-state index contributed by atoms with van der Waals surface area (Å²) >= 11 is 5.50. The molecule has 4 rings (SSSR count). The van der Waals surface area contributed by atoms with Gasteiger partial charge < -0.3 is 25.4 Å². The first kappa shape index (κ1) is 33.1. The maximum atomic E-state index is 14.3. The van der Waals surface area contributed by atoms with E-state index in [-0.39, 0.29) is 39.8 Å². The first-order valence-corrected chi connectivity index (χ1v) is 17.1. The number of alkyl halides is 1. The lowest BCUT2D eigenvalue weighted by Crippen LogP contribution is -2.58. The van der Waals surface area contributed by atoms with Gasteiger partial charge in [-0.05, 0) is 76.1 Å². The molecule has 3 amide bonds. The van der Waals surface area contributed by atoms with E-state index in [9.17, 15) is 19.5 Å². The predicted octanol–water partition coefficient (Wildman–Crippen LogP) is 5.37. The number of thioether (sulfide) groups is 1. The number of unbranched alkanes of at least 4 members (excludes halogenated alkanes) is 3. The number of hydrogen-bond donors (Lipinski definition) is 3. The van der Waals surface area contributed by atoms with Crippen LogP contribution in [0.2, 0.25) is 0 Å². The molecule has 0 saturated carbocycles. The molecule has 3 aliphatic heterocycles. The Hall–Kier alpha value is -1.78. The zero-order chi connectivity index (χ0) is 30.9. The lowest BCUT2D eigenvalue weighted by Gasteiger charge is -2.39. The van der Waals surface area contributed by atoms with Gasteiger partial charge in [0.1, 0.15) is 11.8 Å². The van der Waals surface area contributed by atoms with Gasteiger partial charge in [-0.3, -0.25) is 14.4 Å². The van der Waals surface area contributed by atoms with E-state index in [0.29, 0.717) is 25.3 Å². The minimum Gasteiger partial charge on any atom is -0.494 e. The first-order chi connectivity index (χ1) is 19.7. The molecular formula is C32H48BrN3O5S. The zero-order valence-electron chi connectivity index (χ0n) is 25.9. The van der Waals surface area contributed by atoms with Crippen LogP contribution in [0.1, 0.15) is 80.1 Å². The third-order valence-electron chi connectivity index (χ3n) is 8.51. The highest BCUT2D eigenvalue weighted by Crippen LogP contribution is 2.67. The number of likely N-dealkylation sites (tertiary alicyclic amines) is 1. The number of hydrogen-bond acceptors (Lipinski definition) is 6. The molecule has 1 spiro atoms. The van der Waals surface area contributed by atoms with Crippen LogP contribution in [0, 0.1) is 17.3 Å². The Morgan fingerprint density at radius 2 is 1.76 bits per heavy atom. The molecule has 3 unspecified atom stereocenters. The van der Waals surface area contributed by atoms with E-state index < -0.39 is 28.2 Å². The highest BCUT2D eigenvalue weighted by molar-refractivity contribution is 9.09. The van der Waals surface area contributed by atoms with Gasteiger partial charge in [0.15, 0.2) is 0 Å². The summed E-state index contributed by atoms with van der Waals surface area (Å²) in [5.74, 6) is -0.789. The number of rotatable bonds is 13. The highest BCUT2D eigenvalue weighted by Gasteiger charge is 2.75. The molecule has 1 aromatic rings. The van der Waals surface area contributed by atoms with Gasteiger partial charge in [0.25, 0.3) is 0 Å². The van der Waals surface area contributed by atoms with Crippen molar-refractivity contribution in [3.8, 4) is 5.75 Å². The van der Waals surface area contributed by atoms with Gasteiger partial charge in [0.2, 0.25) is 17.7 Å². The molecule has 42 heavy (non-hydrogen) atoms. The van der Waals surface area contributed by atoms with E-state index in [2.05, 4.69) is 47.3 Å². The molecule has 3 N–H and O–H groups in total. The summed E-state index contributed by atoms with van der Waals surface area (Å²) in [6.45, 7) is 13.7. The monoisotopic (exact) mass is 665 g/mol. The van der Waals surface area contributed by atoms with Crippen LogP contribution < -0.4 is 15.4 Å². The highest BCUT2D eigenvalue weighted by atomic mass is 79.9. The second-order valence-corrected chi connectivity index (χ2v) is 16.6. The second-order valence-electron chi connectivity index (χ2n) is 13.9. The Balaban J connectivity index is 1.61. The van der Waals surface area contributed by atoms with Crippen molar-refractivity contribution in [1.82, 2.24) is 10.2 Å². The van der Waals surface area contributed by atoms with Crippen molar-refractivity contribution in [3.63, 3.8) is 0 Å². The van der Waals surface area contributed by atoms with Crippen LogP contribution in [-0.2, 0) is 14.4 Å². The first-order valence-electron chi connectivity index (χ1n) is 15.3. The largest absolute Gasteiger partial charge is 0.494 e. The number of ether oxygens (including phenoxy) is 1. The molecule has 1 aromatic carbocycles. The van der Waals surface area contributed by atoms with Crippen molar-refractivity contribution in [3.05, 3.63) is 24.3 Å². The summed E-state index contributed by atoms with van der Waals surface area (Å²) in [5, 5.41) is 15.4. The standard InChI is InChI=1S/C32H48BrN3O5S/c1-7-41-21-14-12-20(13-15-21)34-27(38)23-24-29(40)36(16-10-8-9-11-17-37)26(32(24)18-22(33)25(23)42-32)28(39)35-31(5,6)19-30(2,3)4/h12-15,22-26,37H,7-11,16-19H2,1-6H3,(H,34,38)(H,35,39)/t22?,23-,24+,25-,26?,32?/m1/s1. The molecule has 2 bridgehead atoms. The number of nitrogens with one attached hydrogen (secondary N) is 2. The fourth-order valence-electron chi connectivity index (χ4n) is 7.52. The van der Waals surface area contributed by atoms with Gasteiger partial charge in [-0.15, -0.1) is 11.8 Å². The number of nitrogens with zero attached hydrogens (tertiary/aromatic N) is 1. The van der Waals surface area contributed by atoms with Crippen molar-refractivity contribution in [2.24, 2.45) is 17.3 Å². The minimum atomic E-state index is -0.677. The summed E-state index contributed by atoms with van der Waals surface area (Å²) in [6, 6.07) is 6.62. The van der Waals surface area contributed by atoms with E-state index >= 15 is 0 Å². The number of amides is 3. The molecule has 0 aromatic heterocycles. The Morgan fingerprint density at radius 1 is 1.10 bits per heavy atom. The van der Waals surface area contributed by atoms with Crippen LogP contribution in [0.3, 0.4) is 0 Å². The molecular weight excluding hydrogens is 618 g/mol. The topological polar surface area (TPSA) is 108 Å². The summed E-state index contributed by atoms with van der Waals surface area (Å²) < 4.78 is 4.85. The van der Waals surface area contributed by atoms with Gasteiger partial charge in [0, 0.05) is 34.5 Å². The summed E-state index contributed by atoms with van der Waals surface area (Å²) in [4.78, 5) is 44.2. The van der Waals surface area contributed by atoms with Gasteiger partial charge in [0.05, 0.1) is 23.2 Å². The lowest BCUT2D eigenvalue weighted by molar-refractivity contribution is -0.139. The van der Waals surface area contributed by atoms with Gasteiger partial charge in [-0.25, -0.2) is 0 Å². The molecule has 10 heteroatoms. The number of halogens is 1. The molecule has 3 saturated heterocycles. The zero-order valence-corrected chi connectivity index (χ0v) is 28.3. The third-order valence-corrected chi connectivity index (χ3v) is 11.7. The summed E-state index contributed by atoms with van der Waals surface area (Å²) in [7, 11) is 0. The summed E-state index contributed by atoms with van der Waals surface area (Å²) in [6.07, 6.45) is 4.65. The van der Waals surface area contributed by atoms with Crippen molar-refractivity contribution >= 4 is 51.1 Å². The fraction of sp³-hybridized carbons (Fsp3) is 0.719.